The van der Waals surface area contributed by atoms with Crippen LogP contribution in [0, 0.1) is 0 Å². The van der Waals surface area contributed by atoms with Crippen LogP contribution in [-0.4, -0.2) is 23.7 Å². The SMILES string of the molecule is CC.CC.CNCCc1c[nH]c2ccc(O)cc12. The maximum absolute atomic E-state index is 9.37. The van der Waals surface area contributed by atoms with Gasteiger partial charge in [0, 0.05) is 17.1 Å². The predicted octanol–water partition coefficient (Wildman–Crippen LogP) is 3.69. The third-order valence-corrected chi connectivity index (χ3v) is 2.40. The van der Waals surface area contributed by atoms with E-state index in [1.54, 1.807) is 12.1 Å². The molecule has 0 aliphatic heterocycles. The molecule has 0 unspecified atom stereocenters. The van der Waals surface area contributed by atoms with Crippen molar-refractivity contribution in [1.82, 2.24) is 10.3 Å². The number of H-pyrrole nitrogens is 1. The molecule has 1 aromatic carbocycles. The van der Waals surface area contributed by atoms with Crippen molar-refractivity contribution in [3.8, 4) is 5.75 Å². The fourth-order valence-electron chi connectivity index (χ4n) is 1.63. The number of fused-ring (bicyclic) bond motifs is 1. The quantitative estimate of drug-likeness (QED) is 0.778. The second-order valence-electron chi connectivity index (χ2n) is 3.40. The Morgan fingerprint density at radius 1 is 1.17 bits per heavy atom. The van der Waals surface area contributed by atoms with E-state index in [0.717, 1.165) is 23.9 Å². The van der Waals surface area contributed by atoms with Crippen LogP contribution in [0.4, 0.5) is 0 Å². The normalized spacial score (nSPS) is 9.17. The van der Waals surface area contributed by atoms with Crippen molar-refractivity contribution >= 4 is 10.9 Å². The molecule has 0 amide bonds. The number of phenolic OH excluding ortho intramolecular Hbond substituents is 1. The van der Waals surface area contributed by atoms with E-state index in [4.69, 9.17) is 0 Å². The topological polar surface area (TPSA) is 48.0 Å². The van der Waals surface area contributed by atoms with E-state index in [9.17, 15) is 5.11 Å². The van der Waals surface area contributed by atoms with Crippen molar-refractivity contribution in [2.75, 3.05) is 13.6 Å². The third kappa shape index (κ3) is 4.41. The maximum atomic E-state index is 9.37. The Balaban J connectivity index is 0.000000659. The van der Waals surface area contributed by atoms with Gasteiger partial charge in [0.1, 0.15) is 5.75 Å². The molecule has 2 rings (SSSR count). The summed E-state index contributed by atoms with van der Waals surface area (Å²) in [6, 6.07) is 5.39. The number of rotatable bonds is 3. The van der Waals surface area contributed by atoms with Crippen LogP contribution in [0.1, 0.15) is 33.3 Å². The van der Waals surface area contributed by atoms with E-state index in [1.807, 2.05) is 47.0 Å². The third-order valence-electron chi connectivity index (χ3n) is 2.40. The van der Waals surface area contributed by atoms with Crippen molar-refractivity contribution < 1.29 is 5.11 Å². The number of nitrogens with one attached hydrogen (secondary N) is 2. The van der Waals surface area contributed by atoms with Crippen LogP contribution in [0.15, 0.2) is 24.4 Å². The van der Waals surface area contributed by atoms with E-state index < -0.39 is 0 Å². The Kier molecular flexibility index (Phi) is 8.76. The monoisotopic (exact) mass is 250 g/mol. The highest BCUT2D eigenvalue weighted by Crippen LogP contribution is 2.22. The first-order valence-corrected chi connectivity index (χ1v) is 6.75. The number of likely N-dealkylation sites (N-methyl/N-ethyl adjacent to an activating group) is 1. The van der Waals surface area contributed by atoms with Crippen molar-refractivity contribution in [3.63, 3.8) is 0 Å². The molecule has 0 aliphatic carbocycles. The molecule has 0 fully saturated rings. The van der Waals surface area contributed by atoms with E-state index in [-0.39, 0.29) is 0 Å². The molecule has 3 N–H and O–H groups in total. The molecule has 2 aromatic rings. The van der Waals surface area contributed by atoms with Crippen LogP contribution >= 0.6 is 0 Å². The zero-order valence-corrected chi connectivity index (χ0v) is 12.2. The second-order valence-corrected chi connectivity index (χ2v) is 3.40. The smallest absolute Gasteiger partial charge is 0.116 e. The minimum atomic E-state index is 0.322. The molecule has 18 heavy (non-hydrogen) atoms. The zero-order chi connectivity index (χ0) is 14.0. The van der Waals surface area contributed by atoms with E-state index in [2.05, 4.69) is 10.3 Å². The Morgan fingerprint density at radius 2 is 1.83 bits per heavy atom. The average molecular weight is 250 g/mol. The molecule has 1 heterocycles. The summed E-state index contributed by atoms with van der Waals surface area (Å²) in [4.78, 5) is 3.19. The lowest BCUT2D eigenvalue weighted by Crippen LogP contribution is -2.09. The van der Waals surface area contributed by atoms with Gasteiger partial charge in [-0.25, -0.2) is 0 Å². The summed E-state index contributed by atoms with van der Waals surface area (Å²) in [5, 5.41) is 13.6. The van der Waals surface area contributed by atoms with Gasteiger partial charge in [-0.15, -0.1) is 0 Å². The van der Waals surface area contributed by atoms with Crippen LogP contribution in [0.3, 0.4) is 0 Å². The molecule has 0 atom stereocenters. The number of aromatic hydroxyl groups is 1. The number of benzene rings is 1. The van der Waals surface area contributed by atoms with E-state index >= 15 is 0 Å². The van der Waals surface area contributed by atoms with Gasteiger partial charge in [0.05, 0.1) is 0 Å². The number of aromatic nitrogens is 1. The van der Waals surface area contributed by atoms with Crippen molar-refractivity contribution in [2.45, 2.75) is 34.1 Å². The van der Waals surface area contributed by atoms with Gasteiger partial charge < -0.3 is 15.4 Å². The van der Waals surface area contributed by atoms with Gasteiger partial charge >= 0.3 is 0 Å². The molecule has 3 nitrogen and oxygen atoms in total. The first kappa shape index (κ1) is 16.5. The molecule has 0 saturated heterocycles. The maximum Gasteiger partial charge on any atom is 0.116 e. The molecule has 0 spiro atoms. The minimum Gasteiger partial charge on any atom is -0.508 e. The van der Waals surface area contributed by atoms with Crippen LogP contribution in [0.25, 0.3) is 10.9 Å². The summed E-state index contributed by atoms with van der Waals surface area (Å²) in [5.41, 5.74) is 2.32. The summed E-state index contributed by atoms with van der Waals surface area (Å²) in [7, 11) is 1.94. The van der Waals surface area contributed by atoms with Crippen LogP contribution in [0.5, 0.6) is 5.75 Å². The fraction of sp³-hybridized carbons (Fsp3) is 0.467. The molecule has 0 saturated carbocycles. The number of hydrogen-bond acceptors (Lipinski definition) is 2. The van der Waals surface area contributed by atoms with Crippen molar-refractivity contribution in [1.29, 1.82) is 0 Å². The highest BCUT2D eigenvalue weighted by atomic mass is 16.3. The van der Waals surface area contributed by atoms with Crippen molar-refractivity contribution in [2.24, 2.45) is 0 Å². The minimum absolute atomic E-state index is 0.322. The Labute approximate surface area is 110 Å². The highest BCUT2D eigenvalue weighted by Gasteiger charge is 2.03. The number of phenols is 1. The average Bonchev–Trinajstić information content (AvgIpc) is 2.83. The summed E-state index contributed by atoms with van der Waals surface area (Å²) < 4.78 is 0. The van der Waals surface area contributed by atoms with Gasteiger partial charge in [0.25, 0.3) is 0 Å². The Hall–Kier alpha value is -1.48. The van der Waals surface area contributed by atoms with Gasteiger partial charge in [-0.3, -0.25) is 0 Å². The molecular weight excluding hydrogens is 224 g/mol. The molecule has 3 heteroatoms. The van der Waals surface area contributed by atoms with Gasteiger partial charge in [-0.2, -0.15) is 0 Å². The van der Waals surface area contributed by atoms with Crippen LogP contribution in [-0.2, 0) is 6.42 Å². The van der Waals surface area contributed by atoms with Crippen LogP contribution < -0.4 is 5.32 Å². The van der Waals surface area contributed by atoms with Crippen LogP contribution in [0.2, 0.25) is 0 Å². The fourth-order valence-corrected chi connectivity index (χ4v) is 1.63. The lowest BCUT2D eigenvalue weighted by atomic mass is 10.1. The molecule has 0 radical (unpaired) electrons. The van der Waals surface area contributed by atoms with Gasteiger partial charge in [0.2, 0.25) is 0 Å². The van der Waals surface area contributed by atoms with Crippen molar-refractivity contribution in [3.05, 3.63) is 30.0 Å². The van der Waals surface area contributed by atoms with Gasteiger partial charge in [0.15, 0.2) is 0 Å². The summed E-state index contributed by atoms with van der Waals surface area (Å²) in [6.07, 6.45) is 2.97. The Morgan fingerprint density at radius 3 is 2.44 bits per heavy atom. The highest BCUT2D eigenvalue weighted by molar-refractivity contribution is 5.84. The summed E-state index contributed by atoms with van der Waals surface area (Å²) in [5.74, 6) is 0.322. The van der Waals surface area contributed by atoms with E-state index in [0.29, 0.717) is 5.75 Å². The Bertz CT molecular complexity index is 435. The summed E-state index contributed by atoms with van der Waals surface area (Å²) >= 11 is 0. The molecule has 0 bridgehead atoms. The second kappa shape index (κ2) is 9.54. The molecule has 0 aliphatic rings. The lowest BCUT2D eigenvalue weighted by molar-refractivity contribution is 0.476. The summed E-state index contributed by atoms with van der Waals surface area (Å²) in [6.45, 7) is 8.95. The molecular formula is C15H26N2O. The molecule has 102 valence electrons. The number of aromatic amines is 1. The first-order valence-electron chi connectivity index (χ1n) is 6.75. The number of hydrogen-bond donors (Lipinski definition) is 3. The first-order chi connectivity index (χ1) is 8.81. The van der Waals surface area contributed by atoms with Gasteiger partial charge in [-0.1, -0.05) is 27.7 Å². The largest absolute Gasteiger partial charge is 0.508 e. The predicted molar refractivity (Wildman–Crippen MR) is 80.3 cm³/mol. The lowest BCUT2D eigenvalue weighted by Gasteiger charge is -1.98. The van der Waals surface area contributed by atoms with E-state index in [1.165, 1.54) is 5.56 Å². The molecule has 1 aromatic heterocycles. The standard InChI is InChI=1S/C11H14N2O.2C2H6/c1-12-5-4-8-7-13-11-3-2-9(14)6-10(8)11;2*1-2/h2-3,6-7,12-14H,4-5H2,1H3;2*1-2H3. The zero-order valence-electron chi connectivity index (χ0n) is 12.2. The van der Waals surface area contributed by atoms with Gasteiger partial charge in [-0.05, 0) is 43.8 Å².